The maximum Gasteiger partial charge on any atom is 0.412 e. The molecular formula is C19H27N3O3. The van der Waals surface area contributed by atoms with Crippen molar-refractivity contribution >= 4 is 17.5 Å². The number of benzene rings is 1. The van der Waals surface area contributed by atoms with Crippen LogP contribution in [0.2, 0.25) is 0 Å². The molecule has 136 valence electrons. The lowest BCUT2D eigenvalue weighted by atomic mass is 10.2. The third kappa shape index (κ3) is 5.74. The molecule has 0 saturated carbocycles. The summed E-state index contributed by atoms with van der Waals surface area (Å²) in [6, 6.07) is 7.63. The number of methoxy groups -OCH3 is 1. The van der Waals surface area contributed by atoms with Crippen molar-refractivity contribution in [1.29, 1.82) is 0 Å². The summed E-state index contributed by atoms with van der Waals surface area (Å²) in [6.45, 7) is 9.25. The van der Waals surface area contributed by atoms with E-state index in [1.165, 1.54) is 5.56 Å². The van der Waals surface area contributed by atoms with Gasteiger partial charge in [-0.05, 0) is 51.5 Å². The van der Waals surface area contributed by atoms with Crippen LogP contribution in [0.25, 0.3) is 0 Å². The number of carbonyl (C=O) groups is 1. The number of carbonyl (C=O) groups excluding carboxylic acids is 1. The number of hydrogen-bond acceptors (Lipinski definition) is 4. The van der Waals surface area contributed by atoms with Crippen molar-refractivity contribution in [3.05, 3.63) is 42.2 Å². The molecule has 6 heteroatoms. The van der Waals surface area contributed by atoms with Crippen LogP contribution in [0.5, 0.6) is 5.75 Å². The Kier molecular flexibility index (Phi) is 5.96. The summed E-state index contributed by atoms with van der Waals surface area (Å²) in [5.41, 5.74) is 2.14. The Morgan fingerprint density at radius 3 is 2.60 bits per heavy atom. The molecule has 0 saturated heterocycles. The predicted molar refractivity (Wildman–Crippen MR) is 100 cm³/mol. The zero-order chi connectivity index (χ0) is 18.4. The van der Waals surface area contributed by atoms with E-state index >= 15 is 0 Å². The van der Waals surface area contributed by atoms with E-state index in [2.05, 4.69) is 40.6 Å². The third-order valence-corrected chi connectivity index (χ3v) is 3.51. The van der Waals surface area contributed by atoms with Crippen LogP contribution in [0, 0.1) is 0 Å². The first kappa shape index (κ1) is 18.7. The molecule has 2 N–H and O–H groups in total. The molecule has 0 aliphatic heterocycles. The summed E-state index contributed by atoms with van der Waals surface area (Å²) < 4.78 is 12.8. The first-order chi connectivity index (χ1) is 11.8. The van der Waals surface area contributed by atoms with Gasteiger partial charge in [0, 0.05) is 37.2 Å². The van der Waals surface area contributed by atoms with E-state index < -0.39 is 11.7 Å². The average molecular weight is 345 g/mol. The van der Waals surface area contributed by atoms with Crippen LogP contribution < -0.4 is 15.4 Å². The Morgan fingerprint density at radius 1 is 1.24 bits per heavy atom. The molecule has 25 heavy (non-hydrogen) atoms. The van der Waals surface area contributed by atoms with E-state index in [0.29, 0.717) is 11.4 Å². The van der Waals surface area contributed by atoms with Gasteiger partial charge in [0.25, 0.3) is 0 Å². The highest BCUT2D eigenvalue weighted by molar-refractivity contribution is 5.87. The van der Waals surface area contributed by atoms with Crippen molar-refractivity contribution in [1.82, 2.24) is 4.57 Å². The van der Waals surface area contributed by atoms with Crippen LogP contribution in [0.15, 0.2) is 36.7 Å². The zero-order valence-corrected chi connectivity index (χ0v) is 15.6. The van der Waals surface area contributed by atoms with Gasteiger partial charge in [-0.25, -0.2) is 4.79 Å². The number of ether oxygens (including phenoxy) is 2. The molecule has 0 aliphatic rings. The zero-order valence-electron chi connectivity index (χ0n) is 15.6. The van der Waals surface area contributed by atoms with Gasteiger partial charge in [-0.3, -0.25) is 5.32 Å². The minimum absolute atomic E-state index is 0.507. The summed E-state index contributed by atoms with van der Waals surface area (Å²) in [6.07, 6.45) is 3.67. The largest absolute Gasteiger partial charge is 0.494 e. The molecule has 0 radical (unpaired) electrons. The van der Waals surface area contributed by atoms with Gasteiger partial charge in [0.1, 0.15) is 11.4 Å². The fourth-order valence-corrected chi connectivity index (χ4v) is 2.31. The highest BCUT2D eigenvalue weighted by Gasteiger charge is 2.17. The Hall–Kier alpha value is -2.63. The number of amides is 1. The molecule has 0 fully saturated rings. The molecule has 1 aromatic heterocycles. The second-order valence-corrected chi connectivity index (χ2v) is 6.75. The lowest BCUT2D eigenvalue weighted by Crippen LogP contribution is -2.27. The van der Waals surface area contributed by atoms with Crippen molar-refractivity contribution in [2.24, 2.45) is 0 Å². The Balaban J connectivity index is 2.01. The molecule has 1 amide bonds. The van der Waals surface area contributed by atoms with Crippen molar-refractivity contribution in [3.63, 3.8) is 0 Å². The van der Waals surface area contributed by atoms with E-state index in [4.69, 9.17) is 9.47 Å². The van der Waals surface area contributed by atoms with Crippen molar-refractivity contribution in [3.8, 4) is 5.75 Å². The quantitative estimate of drug-likeness (QED) is 0.810. The van der Waals surface area contributed by atoms with E-state index in [9.17, 15) is 4.79 Å². The molecule has 6 nitrogen and oxygen atoms in total. The Morgan fingerprint density at radius 2 is 2.00 bits per heavy atom. The highest BCUT2D eigenvalue weighted by atomic mass is 16.6. The normalized spacial score (nSPS) is 11.1. The first-order valence-corrected chi connectivity index (χ1v) is 8.37. The van der Waals surface area contributed by atoms with E-state index in [1.54, 1.807) is 13.2 Å². The monoisotopic (exact) mass is 345 g/mol. The first-order valence-electron chi connectivity index (χ1n) is 8.37. The van der Waals surface area contributed by atoms with Gasteiger partial charge < -0.3 is 19.4 Å². The smallest absolute Gasteiger partial charge is 0.412 e. The van der Waals surface area contributed by atoms with Crippen molar-refractivity contribution in [2.75, 3.05) is 17.7 Å². The SMILES string of the molecule is CCn1ccc(CNc2ccc(NC(=O)OC(C)(C)C)c(OC)c2)c1. The molecule has 0 aliphatic carbocycles. The van der Waals surface area contributed by atoms with Gasteiger partial charge in [-0.1, -0.05) is 0 Å². The molecular weight excluding hydrogens is 318 g/mol. The van der Waals surface area contributed by atoms with Gasteiger partial charge in [-0.2, -0.15) is 0 Å². The lowest BCUT2D eigenvalue weighted by Gasteiger charge is -2.20. The number of nitrogens with zero attached hydrogens (tertiary/aromatic N) is 1. The van der Waals surface area contributed by atoms with Crippen LogP contribution in [0.1, 0.15) is 33.3 Å². The number of anilines is 2. The molecule has 0 atom stereocenters. The minimum Gasteiger partial charge on any atom is -0.494 e. The maximum absolute atomic E-state index is 11.9. The molecule has 0 unspecified atom stereocenters. The van der Waals surface area contributed by atoms with Gasteiger partial charge in [0.05, 0.1) is 12.8 Å². The average Bonchev–Trinajstić information content (AvgIpc) is 3.00. The second kappa shape index (κ2) is 7.96. The summed E-state index contributed by atoms with van der Waals surface area (Å²) >= 11 is 0. The van der Waals surface area contributed by atoms with Crippen LogP contribution in [0.3, 0.4) is 0 Å². The van der Waals surface area contributed by atoms with Crippen LogP contribution in [-0.2, 0) is 17.8 Å². The fourth-order valence-electron chi connectivity index (χ4n) is 2.31. The van der Waals surface area contributed by atoms with Crippen molar-refractivity contribution in [2.45, 2.75) is 46.4 Å². The Bertz CT molecular complexity index is 717. The predicted octanol–water partition coefficient (Wildman–Crippen LogP) is 4.48. The molecule has 2 rings (SSSR count). The van der Waals surface area contributed by atoms with Gasteiger partial charge in [0.2, 0.25) is 0 Å². The number of nitrogens with one attached hydrogen (secondary N) is 2. The highest BCUT2D eigenvalue weighted by Crippen LogP contribution is 2.28. The number of aromatic nitrogens is 1. The van der Waals surface area contributed by atoms with Crippen LogP contribution in [-0.4, -0.2) is 23.4 Å². The summed E-state index contributed by atoms with van der Waals surface area (Å²) in [5, 5.41) is 6.07. The van der Waals surface area contributed by atoms with Gasteiger partial charge in [-0.15, -0.1) is 0 Å². The van der Waals surface area contributed by atoms with Gasteiger partial charge in [0.15, 0.2) is 0 Å². The third-order valence-electron chi connectivity index (χ3n) is 3.51. The molecule has 1 heterocycles. The number of hydrogen-bond donors (Lipinski definition) is 2. The summed E-state index contributed by atoms with van der Waals surface area (Å²) in [4.78, 5) is 11.9. The fraction of sp³-hybridized carbons (Fsp3) is 0.421. The van der Waals surface area contributed by atoms with E-state index in [0.717, 1.165) is 18.8 Å². The molecule has 0 bridgehead atoms. The Labute approximate surface area is 149 Å². The lowest BCUT2D eigenvalue weighted by molar-refractivity contribution is 0.0635. The van der Waals surface area contributed by atoms with E-state index in [1.807, 2.05) is 32.9 Å². The molecule has 1 aromatic carbocycles. The van der Waals surface area contributed by atoms with Crippen LogP contribution in [0.4, 0.5) is 16.2 Å². The van der Waals surface area contributed by atoms with Gasteiger partial charge >= 0.3 is 6.09 Å². The summed E-state index contributed by atoms with van der Waals surface area (Å²) in [5.74, 6) is 0.571. The summed E-state index contributed by atoms with van der Waals surface area (Å²) in [7, 11) is 1.57. The molecule has 0 spiro atoms. The minimum atomic E-state index is -0.548. The maximum atomic E-state index is 11.9. The second-order valence-electron chi connectivity index (χ2n) is 6.75. The van der Waals surface area contributed by atoms with Crippen LogP contribution >= 0.6 is 0 Å². The molecule has 2 aromatic rings. The number of aryl methyl sites for hydroxylation is 1. The topological polar surface area (TPSA) is 64.5 Å². The van der Waals surface area contributed by atoms with E-state index in [-0.39, 0.29) is 0 Å². The number of rotatable bonds is 6. The standard InChI is InChI=1S/C19H27N3O3/c1-6-22-10-9-14(13-22)12-20-15-7-8-16(17(11-15)24-5)21-18(23)25-19(2,3)4/h7-11,13,20H,6,12H2,1-5H3,(H,21,23). The van der Waals surface area contributed by atoms with Crippen molar-refractivity contribution < 1.29 is 14.3 Å².